The molecule has 17 heavy (non-hydrogen) atoms. The van der Waals surface area contributed by atoms with E-state index < -0.39 is 24.0 Å². The van der Waals surface area contributed by atoms with Crippen LogP contribution in [-0.4, -0.2) is 24.1 Å². The summed E-state index contributed by atoms with van der Waals surface area (Å²) in [5, 5.41) is 8.68. The molecule has 96 valence electrons. The summed E-state index contributed by atoms with van der Waals surface area (Å²) in [4.78, 5) is 0. The molecular formula is C10H11F4NO2. The lowest BCUT2D eigenvalue weighted by Gasteiger charge is -2.12. The average Bonchev–Trinajstić information content (AvgIpc) is 2.20. The average molecular weight is 253 g/mol. The molecule has 3 N–H and O–H groups in total. The molecule has 1 unspecified atom stereocenters. The number of hydrogen-bond donors (Lipinski definition) is 2. The van der Waals surface area contributed by atoms with E-state index in [0.717, 1.165) is 12.1 Å². The van der Waals surface area contributed by atoms with Gasteiger partial charge in [-0.3, -0.25) is 0 Å². The van der Waals surface area contributed by atoms with E-state index in [2.05, 4.69) is 4.74 Å². The minimum absolute atomic E-state index is 0.166. The molecule has 1 aromatic rings. The van der Waals surface area contributed by atoms with E-state index in [4.69, 9.17) is 10.8 Å². The molecule has 1 rings (SSSR count). The van der Waals surface area contributed by atoms with Gasteiger partial charge in [0, 0.05) is 6.04 Å². The zero-order valence-electron chi connectivity index (χ0n) is 8.67. The third-order valence-corrected chi connectivity index (χ3v) is 1.95. The molecule has 7 heteroatoms. The molecule has 3 nitrogen and oxygen atoms in total. The van der Waals surface area contributed by atoms with E-state index in [1.54, 1.807) is 0 Å². The van der Waals surface area contributed by atoms with Crippen molar-refractivity contribution in [3.63, 3.8) is 0 Å². The number of ether oxygens (including phenoxy) is 1. The predicted molar refractivity (Wildman–Crippen MR) is 51.8 cm³/mol. The van der Waals surface area contributed by atoms with Crippen LogP contribution in [0.4, 0.5) is 17.6 Å². The Bertz CT molecular complexity index is 381. The van der Waals surface area contributed by atoms with Crippen LogP contribution in [0, 0.1) is 5.82 Å². The van der Waals surface area contributed by atoms with Gasteiger partial charge in [0.2, 0.25) is 0 Å². The van der Waals surface area contributed by atoms with Crippen molar-refractivity contribution in [3.05, 3.63) is 29.6 Å². The van der Waals surface area contributed by atoms with Crippen molar-refractivity contribution in [2.24, 2.45) is 5.73 Å². The first kappa shape index (κ1) is 13.7. The number of nitrogens with two attached hydrogens (primary N) is 1. The Morgan fingerprint density at radius 3 is 2.47 bits per heavy atom. The van der Waals surface area contributed by atoms with Gasteiger partial charge in [-0.05, 0) is 24.1 Å². The van der Waals surface area contributed by atoms with Crippen LogP contribution in [-0.2, 0) is 6.42 Å². The molecular weight excluding hydrogens is 242 g/mol. The van der Waals surface area contributed by atoms with Crippen molar-refractivity contribution in [2.45, 2.75) is 18.8 Å². The van der Waals surface area contributed by atoms with Crippen LogP contribution in [0.25, 0.3) is 0 Å². The SMILES string of the molecule is NC(CO)Cc1ccc(OC(F)(F)F)c(F)c1. The number of alkyl halides is 3. The maximum Gasteiger partial charge on any atom is 0.573 e. The molecule has 0 aliphatic carbocycles. The Hall–Kier alpha value is -1.34. The van der Waals surface area contributed by atoms with Gasteiger partial charge in [-0.15, -0.1) is 13.2 Å². The van der Waals surface area contributed by atoms with E-state index in [1.807, 2.05) is 0 Å². The summed E-state index contributed by atoms with van der Waals surface area (Å²) in [6, 6.07) is 2.46. The van der Waals surface area contributed by atoms with Crippen molar-refractivity contribution in [2.75, 3.05) is 6.61 Å². The van der Waals surface area contributed by atoms with Gasteiger partial charge in [0.15, 0.2) is 11.6 Å². The number of hydrogen-bond acceptors (Lipinski definition) is 3. The Morgan fingerprint density at radius 1 is 1.35 bits per heavy atom. The van der Waals surface area contributed by atoms with Crippen LogP contribution in [0.15, 0.2) is 18.2 Å². The fourth-order valence-corrected chi connectivity index (χ4v) is 1.25. The lowest BCUT2D eigenvalue weighted by atomic mass is 10.1. The lowest BCUT2D eigenvalue weighted by molar-refractivity contribution is -0.275. The third-order valence-electron chi connectivity index (χ3n) is 1.95. The molecule has 0 amide bonds. The zero-order valence-corrected chi connectivity index (χ0v) is 8.67. The summed E-state index contributed by atoms with van der Waals surface area (Å²) in [6.45, 7) is -0.289. The molecule has 0 radical (unpaired) electrons. The van der Waals surface area contributed by atoms with E-state index in [-0.39, 0.29) is 13.0 Å². The maximum absolute atomic E-state index is 13.2. The second-order valence-corrected chi connectivity index (χ2v) is 3.46. The van der Waals surface area contributed by atoms with E-state index in [0.29, 0.717) is 5.56 Å². The standard InChI is InChI=1S/C10H11F4NO2/c11-8-4-6(3-7(15)5-16)1-2-9(8)17-10(12,13)14/h1-2,4,7,16H,3,5,15H2. The molecule has 0 fully saturated rings. The molecule has 0 heterocycles. The molecule has 0 spiro atoms. The number of aliphatic hydroxyl groups is 1. The van der Waals surface area contributed by atoms with Gasteiger partial charge in [0.05, 0.1) is 6.61 Å². The van der Waals surface area contributed by atoms with E-state index in [1.165, 1.54) is 6.07 Å². The fourth-order valence-electron chi connectivity index (χ4n) is 1.25. The third kappa shape index (κ3) is 4.58. The van der Waals surface area contributed by atoms with Crippen LogP contribution >= 0.6 is 0 Å². The van der Waals surface area contributed by atoms with Crippen LogP contribution in [0.5, 0.6) is 5.75 Å². The number of benzene rings is 1. The zero-order chi connectivity index (χ0) is 13.1. The number of rotatable bonds is 4. The molecule has 0 saturated carbocycles. The molecule has 0 aliphatic heterocycles. The van der Waals surface area contributed by atoms with E-state index >= 15 is 0 Å². The monoisotopic (exact) mass is 253 g/mol. The first-order chi connectivity index (χ1) is 7.81. The molecule has 0 bridgehead atoms. The minimum Gasteiger partial charge on any atom is -0.403 e. The van der Waals surface area contributed by atoms with Crippen LogP contribution < -0.4 is 10.5 Å². The van der Waals surface area contributed by atoms with E-state index in [9.17, 15) is 17.6 Å². The van der Waals surface area contributed by atoms with Crippen molar-refractivity contribution in [3.8, 4) is 5.75 Å². The Balaban J connectivity index is 2.79. The van der Waals surface area contributed by atoms with Crippen LogP contribution in [0.1, 0.15) is 5.56 Å². The minimum atomic E-state index is -4.93. The van der Waals surface area contributed by atoms with Crippen LogP contribution in [0.2, 0.25) is 0 Å². The highest BCUT2D eigenvalue weighted by Gasteiger charge is 2.32. The largest absolute Gasteiger partial charge is 0.573 e. The summed E-state index contributed by atoms with van der Waals surface area (Å²) in [5.74, 6) is -2.01. The molecule has 0 aliphatic rings. The number of halogens is 4. The Morgan fingerprint density at radius 2 is 2.00 bits per heavy atom. The summed E-state index contributed by atoms with van der Waals surface area (Å²) < 4.78 is 52.2. The highest BCUT2D eigenvalue weighted by Crippen LogP contribution is 2.26. The van der Waals surface area contributed by atoms with Crippen molar-refractivity contribution >= 4 is 0 Å². The summed E-state index contributed by atoms with van der Waals surface area (Å²) in [5.41, 5.74) is 5.80. The highest BCUT2D eigenvalue weighted by atomic mass is 19.4. The second-order valence-electron chi connectivity index (χ2n) is 3.46. The summed E-state index contributed by atoms with van der Waals surface area (Å²) in [7, 11) is 0. The predicted octanol–water partition coefficient (Wildman–Crippen LogP) is 1.59. The summed E-state index contributed by atoms with van der Waals surface area (Å²) in [6.07, 6.45) is -4.76. The molecule has 0 aromatic heterocycles. The van der Waals surface area contributed by atoms with Gasteiger partial charge in [0.25, 0.3) is 0 Å². The topological polar surface area (TPSA) is 55.5 Å². The first-order valence-corrected chi connectivity index (χ1v) is 4.72. The summed E-state index contributed by atoms with van der Waals surface area (Å²) >= 11 is 0. The van der Waals surface area contributed by atoms with Gasteiger partial charge >= 0.3 is 6.36 Å². The molecule has 0 saturated heterocycles. The Labute approximate surface area is 94.8 Å². The quantitative estimate of drug-likeness (QED) is 0.801. The number of aliphatic hydroxyl groups excluding tert-OH is 1. The van der Waals surface area contributed by atoms with Crippen LogP contribution in [0.3, 0.4) is 0 Å². The van der Waals surface area contributed by atoms with Crippen molar-refractivity contribution in [1.82, 2.24) is 0 Å². The highest BCUT2D eigenvalue weighted by molar-refractivity contribution is 5.30. The van der Waals surface area contributed by atoms with Crippen molar-refractivity contribution in [1.29, 1.82) is 0 Å². The lowest BCUT2D eigenvalue weighted by Crippen LogP contribution is -2.26. The van der Waals surface area contributed by atoms with Gasteiger partial charge in [-0.25, -0.2) is 4.39 Å². The smallest absolute Gasteiger partial charge is 0.403 e. The Kier molecular flexibility index (Phi) is 4.30. The van der Waals surface area contributed by atoms with Gasteiger partial charge in [-0.2, -0.15) is 0 Å². The first-order valence-electron chi connectivity index (χ1n) is 4.72. The van der Waals surface area contributed by atoms with Crippen molar-refractivity contribution < 1.29 is 27.4 Å². The fraction of sp³-hybridized carbons (Fsp3) is 0.400. The normalized spacial score (nSPS) is 13.5. The van der Waals surface area contributed by atoms with Gasteiger partial charge in [-0.1, -0.05) is 6.07 Å². The molecule has 1 atom stereocenters. The van der Waals surface area contributed by atoms with Gasteiger partial charge in [0.1, 0.15) is 0 Å². The molecule has 1 aromatic carbocycles. The second kappa shape index (κ2) is 5.33. The maximum atomic E-state index is 13.2. The van der Waals surface area contributed by atoms with Gasteiger partial charge < -0.3 is 15.6 Å².